The average Bonchev–Trinajstić information content (AvgIpc) is 2.46. The first-order valence-corrected chi connectivity index (χ1v) is 7.55. The molecule has 1 unspecified atom stereocenters. The number of nitrogens with one attached hydrogen (secondary N) is 1. The number of hydrogen-bond acceptors (Lipinski definition) is 3. The zero-order chi connectivity index (χ0) is 13.9. The van der Waals surface area contributed by atoms with Gasteiger partial charge in [0, 0.05) is 49.1 Å². The van der Waals surface area contributed by atoms with Crippen molar-refractivity contribution in [1.82, 2.24) is 10.3 Å². The van der Waals surface area contributed by atoms with E-state index in [1.54, 1.807) is 0 Å². The zero-order valence-corrected chi connectivity index (χ0v) is 12.3. The molecule has 1 atom stereocenters. The van der Waals surface area contributed by atoms with Crippen molar-refractivity contribution < 1.29 is 0 Å². The van der Waals surface area contributed by atoms with E-state index in [0.717, 1.165) is 25.6 Å². The first-order valence-electron chi connectivity index (χ1n) is 7.55. The third-order valence-corrected chi connectivity index (χ3v) is 4.01. The number of aromatic nitrogens is 1. The molecule has 2 aromatic rings. The van der Waals surface area contributed by atoms with Gasteiger partial charge in [0.15, 0.2) is 0 Å². The quantitative estimate of drug-likeness (QED) is 0.928. The summed E-state index contributed by atoms with van der Waals surface area (Å²) >= 11 is 0. The monoisotopic (exact) mass is 269 g/mol. The van der Waals surface area contributed by atoms with Crippen molar-refractivity contribution in [3.8, 4) is 0 Å². The van der Waals surface area contributed by atoms with Crippen LogP contribution in [0.3, 0.4) is 0 Å². The number of hydrogen-bond donors (Lipinski definition) is 1. The van der Waals surface area contributed by atoms with E-state index in [2.05, 4.69) is 53.3 Å². The molecule has 0 bridgehead atoms. The second-order valence-electron chi connectivity index (χ2n) is 6.10. The molecule has 0 saturated carbocycles. The molecule has 106 valence electrons. The van der Waals surface area contributed by atoms with Crippen molar-refractivity contribution in [3.05, 3.63) is 36.7 Å². The van der Waals surface area contributed by atoms with Gasteiger partial charge in [-0.15, -0.1) is 0 Å². The molecule has 0 radical (unpaired) electrons. The van der Waals surface area contributed by atoms with Gasteiger partial charge in [0.2, 0.25) is 0 Å². The Bertz CT molecular complexity index is 574. The molecule has 1 aliphatic heterocycles. The van der Waals surface area contributed by atoms with Gasteiger partial charge in [-0.1, -0.05) is 26.0 Å². The van der Waals surface area contributed by atoms with Gasteiger partial charge in [-0.05, 0) is 29.9 Å². The molecule has 1 aromatic heterocycles. The lowest BCUT2D eigenvalue weighted by atomic mass is 10.0. The van der Waals surface area contributed by atoms with Crippen molar-refractivity contribution >= 4 is 16.5 Å². The number of fused-ring (bicyclic) bond motifs is 1. The molecule has 1 aromatic carbocycles. The number of benzene rings is 1. The van der Waals surface area contributed by atoms with E-state index in [1.807, 2.05) is 12.4 Å². The van der Waals surface area contributed by atoms with E-state index in [1.165, 1.54) is 22.9 Å². The Morgan fingerprint density at radius 2 is 2.25 bits per heavy atom. The van der Waals surface area contributed by atoms with Crippen LogP contribution in [0, 0.1) is 5.92 Å². The first kappa shape index (κ1) is 13.4. The fourth-order valence-corrected chi connectivity index (χ4v) is 3.14. The highest BCUT2D eigenvalue weighted by atomic mass is 15.2. The standard InChI is InChI=1S/C17H23N3/c1-13(2)10-15-12-20(9-8-19-15)17-5-3-4-14-6-7-18-11-16(14)17/h3-7,11,13,15,19H,8-10,12H2,1-2H3. The summed E-state index contributed by atoms with van der Waals surface area (Å²) in [6.45, 7) is 7.81. The van der Waals surface area contributed by atoms with E-state index in [9.17, 15) is 0 Å². The fourth-order valence-electron chi connectivity index (χ4n) is 3.14. The lowest BCUT2D eigenvalue weighted by Gasteiger charge is -2.36. The van der Waals surface area contributed by atoms with Crippen LogP contribution in [0.5, 0.6) is 0 Å². The van der Waals surface area contributed by atoms with Gasteiger partial charge in [0.1, 0.15) is 0 Å². The summed E-state index contributed by atoms with van der Waals surface area (Å²) in [6, 6.07) is 9.22. The summed E-state index contributed by atoms with van der Waals surface area (Å²) in [7, 11) is 0. The van der Waals surface area contributed by atoms with Gasteiger partial charge in [-0.3, -0.25) is 4.98 Å². The minimum atomic E-state index is 0.593. The third kappa shape index (κ3) is 2.78. The Morgan fingerprint density at radius 3 is 3.10 bits per heavy atom. The maximum Gasteiger partial charge on any atom is 0.0462 e. The Balaban J connectivity index is 1.87. The minimum absolute atomic E-state index is 0.593. The zero-order valence-electron chi connectivity index (χ0n) is 12.3. The van der Waals surface area contributed by atoms with Gasteiger partial charge in [0.05, 0.1) is 0 Å². The number of pyridine rings is 1. The molecular formula is C17H23N3. The molecule has 1 aliphatic rings. The summed E-state index contributed by atoms with van der Waals surface area (Å²) in [5.74, 6) is 0.738. The van der Waals surface area contributed by atoms with Crippen LogP contribution in [0.1, 0.15) is 20.3 Å². The summed E-state index contributed by atoms with van der Waals surface area (Å²) in [4.78, 5) is 6.80. The van der Waals surface area contributed by atoms with Crippen LogP contribution in [0.15, 0.2) is 36.7 Å². The molecule has 2 heterocycles. The minimum Gasteiger partial charge on any atom is -0.368 e. The molecule has 1 fully saturated rings. The lowest BCUT2D eigenvalue weighted by molar-refractivity contribution is 0.388. The molecule has 3 rings (SSSR count). The van der Waals surface area contributed by atoms with Crippen molar-refractivity contribution in [2.45, 2.75) is 26.3 Å². The Hall–Kier alpha value is -1.61. The van der Waals surface area contributed by atoms with Gasteiger partial charge in [-0.2, -0.15) is 0 Å². The lowest BCUT2D eigenvalue weighted by Crippen LogP contribution is -2.51. The van der Waals surface area contributed by atoms with Gasteiger partial charge in [0.25, 0.3) is 0 Å². The maximum absolute atomic E-state index is 4.29. The second-order valence-corrected chi connectivity index (χ2v) is 6.10. The van der Waals surface area contributed by atoms with E-state index < -0.39 is 0 Å². The summed E-state index contributed by atoms with van der Waals surface area (Å²) in [5, 5.41) is 6.18. The average molecular weight is 269 g/mol. The van der Waals surface area contributed by atoms with Crippen molar-refractivity contribution in [1.29, 1.82) is 0 Å². The van der Waals surface area contributed by atoms with Crippen LogP contribution in [0.25, 0.3) is 10.8 Å². The highest BCUT2D eigenvalue weighted by molar-refractivity contribution is 5.93. The van der Waals surface area contributed by atoms with Crippen LogP contribution in [0.2, 0.25) is 0 Å². The van der Waals surface area contributed by atoms with E-state index in [-0.39, 0.29) is 0 Å². The van der Waals surface area contributed by atoms with E-state index in [0.29, 0.717) is 6.04 Å². The normalized spacial score (nSPS) is 19.8. The third-order valence-electron chi connectivity index (χ3n) is 4.01. The predicted molar refractivity (Wildman–Crippen MR) is 85.2 cm³/mol. The SMILES string of the molecule is CC(C)CC1CN(c2cccc3ccncc23)CCN1. The molecule has 1 N–H and O–H groups in total. The summed E-state index contributed by atoms with van der Waals surface area (Å²) < 4.78 is 0. The van der Waals surface area contributed by atoms with Crippen molar-refractivity contribution in [2.24, 2.45) is 5.92 Å². The molecule has 3 heteroatoms. The Labute approximate surface area is 121 Å². The molecule has 3 nitrogen and oxygen atoms in total. The molecule has 1 saturated heterocycles. The molecule has 0 amide bonds. The molecule has 20 heavy (non-hydrogen) atoms. The Morgan fingerprint density at radius 1 is 1.35 bits per heavy atom. The molecule has 0 aliphatic carbocycles. The summed E-state index contributed by atoms with van der Waals surface area (Å²) in [5.41, 5.74) is 1.32. The van der Waals surface area contributed by atoms with E-state index in [4.69, 9.17) is 0 Å². The maximum atomic E-state index is 4.29. The van der Waals surface area contributed by atoms with Crippen molar-refractivity contribution in [2.75, 3.05) is 24.5 Å². The number of anilines is 1. The number of rotatable bonds is 3. The topological polar surface area (TPSA) is 28.2 Å². The summed E-state index contributed by atoms with van der Waals surface area (Å²) in [6.07, 6.45) is 5.09. The predicted octanol–water partition coefficient (Wildman–Crippen LogP) is 3.06. The Kier molecular flexibility index (Phi) is 3.88. The largest absolute Gasteiger partial charge is 0.368 e. The number of piperazine rings is 1. The van der Waals surface area contributed by atoms with Crippen LogP contribution < -0.4 is 10.2 Å². The van der Waals surface area contributed by atoms with Gasteiger partial charge in [-0.25, -0.2) is 0 Å². The van der Waals surface area contributed by atoms with Crippen LogP contribution >= 0.6 is 0 Å². The van der Waals surface area contributed by atoms with Gasteiger partial charge < -0.3 is 10.2 Å². The van der Waals surface area contributed by atoms with Crippen molar-refractivity contribution in [3.63, 3.8) is 0 Å². The smallest absolute Gasteiger partial charge is 0.0462 e. The van der Waals surface area contributed by atoms with Crippen LogP contribution in [-0.2, 0) is 0 Å². The van der Waals surface area contributed by atoms with Crippen LogP contribution in [0.4, 0.5) is 5.69 Å². The first-order chi connectivity index (χ1) is 9.74. The highest BCUT2D eigenvalue weighted by Crippen LogP contribution is 2.27. The molecule has 0 spiro atoms. The van der Waals surface area contributed by atoms with E-state index >= 15 is 0 Å². The second kappa shape index (κ2) is 5.80. The highest BCUT2D eigenvalue weighted by Gasteiger charge is 2.21. The van der Waals surface area contributed by atoms with Crippen LogP contribution in [-0.4, -0.2) is 30.7 Å². The number of nitrogens with zero attached hydrogens (tertiary/aromatic N) is 2. The van der Waals surface area contributed by atoms with Gasteiger partial charge >= 0.3 is 0 Å². The molecular weight excluding hydrogens is 246 g/mol. The fraction of sp³-hybridized carbons (Fsp3) is 0.471.